The van der Waals surface area contributed by atoms with Gasteiger partial charge in [-0.15, -0.1) is 0 Å². The van der Waals surface area contributed by atoms with Gasteiger partial charge in [0, 0.05) is 52.6 Å². The molecule has 9 nitrogen and oxygen atoms in total. The number of nitrogens with zero attached hydrogens (tertiary/aromatic N) is 1. The lowest BCUT2D eigenvalue weighted by molar-refractivity contribution is -0.218. The molecule has 0 bridgehead atoms. The lowest BCUT2D eigenvalue weighted by Gasteiger charge is -2.62. The van der Waals surface area contributed by atoms with Gasteiger partial charge in [-0.3, -0.25) is 19.4 Å². The summed E-state index contributed by atoms with van der Waals surface area (Å²) >= 11 is 0. The van der Waals surface area contributed by atoms with Crippen molar-refractivity contribution in [1.82, 2.24) is 4.98 Å². The predicted molar refractivity (Wildman–Crippen MR) is 191 cm³/mol. The molecule has 0 aliphatic heterocycles. The van der Waals surface area contributed by atoms with Crippen LogP contribution in [-0.2, 0) is 20.8 Å². The van der Waals surface area contributed by atoms with Crippen LogP contribution >= 0.6 is 0 Å². The van der Waals surface area contributed by atoms with Crippen molar-refractivity contribution in [2.45, 2.75) is 82.6 Å². The Morgan fingerprint density at radius 1 is 1.06 bits per heavy atom. The number of rotatable bonds is 7. The number of aromatic nitrogens is 1. The van der Waals surface area contributed by atoms with Gasteiger partial charge in [0.1, 0.15) is 5.60 Å². The highest BCUT2D eigenvalue weighted by Gasteiger charge is 2.75. The number of aliphatic hydroxyl groups is 2. The normalized spacial score (nSPS) is 37.4. The molecule has 270 valence electrons. The van der Waals surface area contributed by atoms with Crippen LogP contribution in [-0.4, -0.2) is 61.1 Å². The molecule has 5 aliphatic carbocycles. The maximum absolute atomic E-state index is 17.7. The molecular formula is C42H43FN2O7. The maximum atomic E-state index is 17.7. The van der Waals surface area contributed by atoms with Crippen molar-refractivity contribution >= 4 is 39.9 Å². The first kappa shape index (κ1) is 34.5. The van der Waals surface area contributed by atoms with Crippen LogP contribution in [0.25, 0.3) is 10.8 Å². The minimum Gasteiger partial charge on any atom is -0.478 e. The van der Waals surface area contributed by atoms with E-state index >= 15 is 4.39 Å². The number of amides is 1. The van der Waals surface area contributed by atoms with Crippen molar-refractivity contribution in [3.8, 4) is 0 Å². The number of alkyl halides is 1. The van der Waals surface area contributed by atoms with E-state index < -0.39 is 63.6 Å². The number of fused-ring (bicyclic) bond motifs is 6. The zero-order chi connectivity index (χ0) is 37.0. The minimum atomic E-state index is -2.11. The number of halogens is 1. The summed E-state index contributed by atoms with van der Waals surface area (Å²) in [6.07, 6.45) is 7.39. The summed E-state index contributed by atoms with van der Waals surface area (Å²) in [5, 5.41) is 39.5. The number of carbonyl (C=O) groups is 4. The average molecular weight is 707 g/mol. The van der Waals surface area contributed by atoms with Gasteiger partial charge in [-0.1, -0.05) is 43.7 Å². The molecule has 4 fully saturated rings. The fraction of sp³-hybridized carbons (Fsp3) is 0.452. The second-order valence-electron chi connectivity index (χ2n) is 16.3. The second-order valence-corrected chi connectivity index (χ2v) is 16.3. The second kappa shape index (κ2) is 11.7. The van der Waals surface area contributed by atoms with Crippen molar-refractivity contribution in [1.29, 1.82) is 0 Å². The minimum absolute atomic E-state index is 0.0689. The van der Waals surface area contributed by atoms with E-state index in [1.54, 1.807) is 57.4 Å². The smallest absolute Gasteiger partial charge is 0.335 e. The third-order valence-electron chi connectivity index (χ3n) is 13.9. The van der Waals surface area contributed by atoms with Gasteiger partial charge < -0.3 is 20.6 Å². The lowest BCUT2D eigenvalue weighted by atomic mass is 9.44. The molecule has 1 heterocycles. The summed E-state index contributed by atoms with van der Waals surface area (Å²) in [5.41, 5.74) is -4.44. The molecule has 2 aromatic carbocycles. The third-order valence-corrected chi connectivity index (χ3v) is 13.9. The summed E-state index contributed by atoms with van der Waals surface area (Å²) in [5.74, 6) is -4.71. The SMILES string of the molecule is C[C@@H]1C[C@H]2[C@@H]3CCC4=CC(=O)C=C[C@]4(C)[C@@]3(F)[C@@H](O)C[C@]2(C)[C@@]1(O)C(=O)Cc1c(C(=O)O)cccc1[C@@H]1C[C@H]1C(=O)Nc1ccc2cnccc2c1. The van der Waals surface area contributed by atoms with Gasteiger partial charge in [-0.25, -0.2) is 9.18 Å². The number of allylic oxidation sites excluding steroid dienone is 4. The van der Waals surface area contributed by atoms with Gasteiger partial charge in [-0.2, -0.15) is 0 Å². The van der Waals surface area contributed by atoms with Crippen LogP contribution in [0.5, 0.6) is 0 Å². The maximum Gasteiger partial charge on any atom is 0.335 e. The van der Waals surface area contributed by atoms with E-state index in [1.165, 1.54) is 18.2 Å². The van der Waals surface area contributed by atoms with Gasteiger partial charge in [0.25, 0.3) is 0 Å². The van der Waals surface area contributed by atoms with Crippen LogP contribution in [0.3, 0.4) is 0 Å². The molecule has 0 radical (unpaired) electrons. The van der Waals surface area contributed by atoms with Gasteiger partial charge in [0.05, 0.1) is 11.7 Å². The molecule has 10 atom stereocenters. The van der Waals surface area contributed by atoms with Crippen LogP contribution in [0, 0.1) is 34.5 Å². The van der Waals surface area contributed by atoms with Crippen molar-refractivity contribution in [3.05, 3.63) is 95.3 Å². The number of aliphatic hydroxyl groups excluding tert-OH is 1. The average Bonchev–Trinajstić information content (AvgIpc) is 3.88. The zero-order valence-electron chi connectivity index (χ0n) is 29.4. The summed E-state index contributed by atoms with van der Waals surface area (Å²) in [4.78, 5) is 57.0. The first-order chi connectivity index (χ1) is 24.6. The number of hydrogen-bond donors (Lipinski definition) is 4. The number of Topliss-reactive ketones (excluding diaryl/α,β-unsaturated/α-hetero) is 1. The van der Waals surface area contributed by atoms with Crippen LogP contribution < -0.4 is 5.32 Å². The molecule has 0 unspecified atom stereocenters. The first-order valence-corrected chi connectivity index (χ1v) is 18.2. The molecule has 1 aromatic heterocycles. The summed E-state index contributed by atoms with van der Waals surface area (Å²) in [6, 6.07) is 12.2. The van der Waals surface area contributed by atoms with Crippen LogP contribution in [0.1, 0.15) is 80.3 Å². The van der Waals surface area contributed by atoms with E-state index in [4.69, 9.17) is 0 Å². The van der Waals surface area contributed by atoms with E-state index in [9.17, 15) is 34.5 Å². The van der Waals surface area contributed by atoms with Crippen molar-refractivity contribution < 1.29 is 38.9 Å². The number of carboxylic acid groups (broad SMARTS) is 1. The Morgan fingerprint density at radius 2 is 1.85 bits per heavy atom. The largest absolute Gasteiger partial charge is 0.478 e. The van der Waals surface area contributed by atoms with Crippen LogP contribution in [0.2, 0.25) is 0 Å². The Hall–Kier alpha value is -4.54. The Labute approximate surface area is 301 Å². The summed E-state index contributed by atoms with van der Waals surface area (Å²) in [6.45, 7) is 5.27. The summed E-state index contributed by atoms with van der Waals surface area (Å²) in [7, 11) is 0. The van der Waals surface area contributed by atoms with Crippen molar-refractivity contribution in [2.24, 2.45) is 34.5 Å². The number of ketones is 2. The fourth-order valence-electron chi connectivity index (χ4n) is 11.0. The van der Waals surface area contributed by atoms with Crippen LogP contribution in [0.15, 0.2) is 78.7 Å². The number of carbonyl (C=O) groups excluding carboxylic acids is 3. The number of benzene rings is 2. The highest BCUT2D eigenvalue weighted by atomic mass is 19.1. The van der Waals surface area contributed by atoms with Crippen LogP contribution in [0.4, 0.5) is 10.1 Å². The van der Waals surface area contributed by atoms with E-state index in [1.807, 2.05) is 18.2 Å². The topological polar surface area (TPSA) is 154 Å². The third kappa shape index (κ3) is 4.76. The first-order valence-electron chi connectivity index (χ1n) is 18.2. The standard InChI is InChI=1S/C42H43FN2O7/c1-22-15-34-33-10-8-25-17-27(46)11-13-39(25,2)41(33,43)36(48)20-40(34,3)42(22,52)35(47)19-31-28(5-4-6-29(31)38(50)51)30-18-32(30)37(49)45-26-9-7-24-21-44-14-12-23(24)16-26/h4-7,9,11-14,16-17,21-22,30,32-34,36,48,52H,8,10,15,18-20H2,1-3H3,(H,45,49)(H,50,51)/t22-,30+,32-,33+,34+,36+,39+,40+,41+,42+/m1/s1. The summed E-state index contributed by atoms with van der Waals surface area (Å²) < 4.78 is 17.7. The monoisotopic (exact) mass is 706 g/mol. The molecule has 10 heteroatoms. The highest BCUT2D eigenvalue weighted by molar-refractivity contribution is 6.01. The molecule has 1 amide bonds. The number of hydrogen-bond acceptors (Lipinski definition) is 7. The molecular weight excluding hydrogens is 663 g/mol. The molecule has 52 heavy (non-hydrogen) atoms. The molecule has 8 rings (SSSR count). The quantitative estimate of drug-likeness (QED) is 0.229. The zero-order valence-corrected chi connectivity index (χ0v) is 29.4. The number of pyridine rings is 1. The Kier molecular flexibility index (Phi) is 7.79. The lowest BCUT2D eigenvalue weighted by Crippen LogP contribution is -2.69. The molecule has 5 aliphatic rings. The fourth-order valence-corrected chi connectivity index (χ4v) is 11.0. The molecule has 0 saturated heterocycles. The number of aromatic carboxylic acids is 1. The van der Waals surface area contributed by atoms with Gasteiger partial charge in [0.15, 0.2) is 17.2 Å². The molecule has 3 aromatic rings. The van der Waals surface area contributed by atoms with E-state index in [0.717, 1.165) is 10.8 Å². The molecule has 4 N–H and O–H groups in total. The Balaban J connectivity index is 1.08. The van der Waals surface area contributed by atoms with Gasteiger partial charge in [0.2, 0.25) is 5.91 Å². The highest BCUT2D eigenvalue weighted by Crippen LogP contribution is 2.71. The van der Waals surface area contributed by atoms with E-state index in [-0.39, 0.29) is 41.6 Å². The van der Waals surface area contributed by atoms with Gasteiger partial charge >= 0.3 is 5.97 Å². The number of carboxylic acids is 1. The molecule has 0 spiro atoms. The number of anilines is 1. The predicted octanol–water partition coefficient (Wildman–Crippen LogP) is 6.13. The van der Waals surface area contributed by atoms with Crippen molar-refractivity contribution in [3.63, 3.8) is 0 Å². The Morgan fingerprint density at radius 3 is 2.62 bits per heavy atom. The van der Waals surface area contributed by atoms with E-state index in [2.05, 4.69) is 10.3 Å². The molecule has 4 saturated carbocycles. The van der Waals surface area contributed by atoms with Gasteiger partial charge in [-0.05, 0) is 110 Å². The number of nitrogens with one attached hydrogen (secondary N) is 1. The van der Waals surface area contributed by atoms with Crippen molar-refractivity contribution in [2.75, 3.05) is 5.32 Å². The van der Waals surface area contributed by atoms with E-state index in [0.29, 0.717) is 42.5 Å². The Bertz CT molecular complexity index is 2130.